The van der Waals surface area contributed by atoms with Gasteiger partial charge in [-0.2, -0.15) is 0 Å². The zero-order chi connectivity index (χ0) is 14.2. The summed E-state index contributed by atoms with van der Waals surface area (Å²) in [6.07, 6.45) is 1.59. The van der Waals surface area contributed by atoms with Crippen LogP contribution in [-0.2, 0) is 9.84 Å². The number of fused-ring (bicyclic) bond motifs is 1. The van der Waals surface area contributed by atoms with Crippen LogP contribution in [0.3, 0.4) is 0 Å². The summed E-state index contributed by atoms with van der Waals surface area (Å²) in [7, 11) is -3.53. The van der Waals surface area contributed by atoms with Crippen LogP contribution in [-0.4, -0.2) is 13.4 Å². The molecule has 5 heteroatoms. The number of hydrogen-bond donors (Lipinski definition) is 0. The smallest absolute Gasteiger partial charge is 0.206 e. The summed E-state index contributed by atoms with van der Waals surface area (Å²) in [4.78, 5) is 4.45. The van der Waals surface area contributed by atoms with Crippen molar-refractivity contribution in [2.45, 2.75) is 9.79 Å². The van der Waals surface area contributed by atoms with Crippen molar-refractivity contribution in [3.8, 4) is 0 Å². The number of pyridine rings is 1. The Hall–Kier alpha value is -1.91. The minimum absolute atomic E-state index is 0.214. The molecule has 3 rings (SSSR count). The molecule has 0 radical (unpaired) electrons. The summed E-state index contributed by atoms with van der Waals surface area (Å²) >= 11 is 6.02. The van der Waals surface area contributed by atoms with E-state index in [0.29, 0.717) is 10.5 Å². The Bertz CT molecular complexity index is 877. The van der Waals surface area contributed by atoms with E-state index in [2.05, 4.69) is 4.98 Å². The van der Waals surface area contributed by atoms with Crippen molar-refractivity contribution in [3.63, 3.8) is 0 Å². The van der Waals surface area contributed by atoms with Crippen molar-refractivity contribution in [3.05, 3.63) is 65.9 Å². The molecule has 0 aliphatic rings. The van der Waals surface area contributed by atoms with Gasteiger partial charge in [0.2, 0.25) is 9.84 Å². The molecular formula is C15H10ClNO2S. The molecule has 0 N–H and O–H groups in total. The second-order valence-electron chi connectivity index (χ2n) is 4.30. The zero-order valence-electron chi connectivity index (χ0n) is 10.3. The second-order valence-corrected chi connectivity index (χ2v) is 6.61. The lowest BCUT2D eigenvalue weighted by Gasteiger charge is -2.06. The third-order valence-electron chi connectivity index (χ3n) is 3.05. The van der Waals surface area contributed by atoms with E-state index in [4.69, 9.17) is 11.6 Å². The molecule has 3 nitrogen and oxygen atoms in total. The lowest BCUT2D eigenvalue weighted by atomic mass is 10.2. The highest BCUT2D eigenvalue weighted by Crippen LogP contribution is 2.27. The highest BCUT2D eigenvalue weighted by Gasteiger charge is 2.17. The lowest BCUT2D eigenvalue weighted by Crippen LogP contribution is -2.01. The molecule has 0 fully saturated rings. The van der Waals surface area contributed by atoms with Crippen molar-refractivity contribution >= 4 is 32.2 Å². The van der Waals surface area contributed by atoms with Gasteiger partial charge in [0.05, 0.1) is 9.79 Å². The minimum atomic E-state index is -3.53. The predicted octanol–water partition coefficient (Wildman–Crippen LogP) is 3.72. The van der Waals surface area contributed by atoms with Gasteiger partial charge in [-0.3, -0.25) is 0 Å². The Balaban J connectivity index is 2.23. The van der Waals surface area contributed by atoms with Gasteiger partial charge >= 0.3 is 0 Å². The van der Waals surface area contributed by atoms with Crippen LogP contribution in [0.5, 0.6) is 0 Å². The maximum atomic E-state index is 12.5. The average Bonchev–Trinajstić information content (AvgIpc) is 2.48. The molecule has 0 atom stereocenters. The Labute approximate surface area is 121 Å². The number of aromatic nitrogens is 1. The Morgan fingerprint density at radius 2 is 1.65 bits per heavy atom. The van der Waals surface area contributed by atoms with E-state index in [1.54, 1.807) is 60.8 Å². The topological polar surface area (TPSA) is 47.0 Å². The number of hydrogen-bond acceptors (Lipinski definition) is 3. The van der Waals surface area contributed by atoms with E-state index in [9.17, 15) is 8.42 Å². The van der Waals surface area contributed by atoms with E-state index in [0.717, 1.165) is 5.39 Å². The molecule has 0 aliphatic heterocycles. The summed E-state index contributed by atoms with van der Waals surface area (Å²) in [6, 6.07) is 15.0. The van der Waals surface area contributed by atoms with Gasteiger partial charge in [0, 0.05) is 11.6 Å². The predicted molar refractivity (Wildman–Crippen MR) is 78.6 cm³/mol. The number of rotatable bonds is 2. The van der Waals surface area contributed by atoms with Crippen LogP contribution in [0.25, 0.3) is 10.8 Å². The van der Waals surface area contributed by atoms with Crippen LogP contribution >= 0.6 is 11.6 Å². The zero-order valence-corrected chi connectivity index (χ0v) is 11.9. The van der Waals surface area contributed by atoms with Gasteiger partial charge in [0.15, 0.2) is 0 Å². The number of sulfone groups is 1. The Morgan fingerprint density at radius 1 is 0.900 bits per heavy atom. The molecule has 0 spiro atoms. The summed E-state index contributed by atoms with van der Waals surface area (Å²) < 4.78 is 25.1. The van der Waals surface area contributed by atoms with Gasteiger partial charge in [0.25, 0.3) is 0 Å². The average molecular weight is 304 g/mol. The molecule has 0 aliphatic carbocycles. The van der Waals surface area contributed by atoms with Gasteiger partial charge in [-0.15, -0.1) is 0 Å². The molecule has 0 unspecified atom stereocenters. The van der Waals surface area contributed by atoms with Crippen molar-refractivity contribution < 1.29 is 8.42 Å². The fourth-order valence-corrected chi connectivity index (χ4v) is 3.54. The molecule has 0 saturated carbocycles. The molecule has 20 heavy (non-hydrogen) atoms. The maximum absolute atomic E-state index is 12.5. The fraction of sp³-hybridized carbons (Fsp3) is 0. The molecule has 0 bridgehead atoms. The highest BCUT2D eigenvalue weighted by molar-refractivity contribution is 7.91. The fourth-order valence-electron chi connectivity index (χ4n) is 2.01. The van der Waals surface area contributed by atoms with E-state index in [1.807, 2.05) is 0 Å². The Kier molecular flexibility index (Phi) is 3.20. The first-order valence-corrected chi connectivity index (χ1v) is 7.79. The molecular weight excluding hydrogens is 294 g/mol. The minimum Gasteiger partial charge on any atom is -0.244 e. The van der Waals surface area contributed by atoms with Gasteiger partial charge < -0.3 is 0 Å². The number of halogens is 1. The quantitative estimate of drug-likeness (QED) is 0.678. The molecule has 100 valence electrons. The van der Waals surface area contributed by atoms with Crippen LogP contribution in [0.2, 0.25) is 5.15 Å². The van der Waals surface area contributed by atoms with E-state index in [1.165, 1.54) is 0 Å². The van der Waals surface area contributed by atoms with E-state index >= 15 is 0 Å². The standard InChI is InChI=1S/C15H10ClNO2S/c16-15-14-10-13(7-6-11(14)8-9-17-15)20(18,19)12-4-2-1-3-5-12/h1-10H. The number of benzene rings is 2. The summed E-state index contributed by atoms with van der Waals surface area (Å²) in [6.45, 7) is 0. The van der Waals surface area contributed by atoms with Crippen LogP contribution in [0.15, 0.2) is 70.6 Å². The maximum Gasteiger partial charge on any atom is 0.206 e. The molecule has 2 aromatic carbocycles. The molecule has 1 aromatic heterocycles. The first-order chi connectivity index (χ1) is 9.59. The number of nitrogens with zero attached hydrogens (tertiary/aromatic N) is 1. The largest absolute Gasteiger partial charge is 0.244 e. The van der Waals surface area contributed by atoms with Crippen molar-refractivity contribution in [1.29, 1.82) is 0 Å². The molecule has 3 aromatic rings. The van der Waals surface area contributed by atoms with Crippen LogP contribution in [0, 0.1) is 0 Å². The summed E-state index contributed by atoms with van der Waals surface area (Å²) in [5.41, 5.74) is 0. The van der Waals surface area contributed by atoms with Crippen LogP contribution in [0.4, 0.5) is 0 Å². The lowest BCUT2D eigenvalue weighted by molar-refractivity contribution is 0.596. The Morgan fingerprint density at radius 3 is 2.40 bits per heavy atom. The summed E-state index contributed by atoms with van der Waals surface area (Å²) in [5, 5.41) is 1.79. The van der Waals surface area contributed by atoms with Crippen LogP contribution in [0.1, 0.15) is 0 Å². The summed E-state index contributed by atoms with van der Waals surface area (Å²) in [5.74, 6) is 0. The molecule has 1 heterocycles. The van der Waals surface area contributed by atoms with Gasteiger partial charge in [-0.1, -0.05) is 35.9 Å². The van der Waals surface area contributed by atoms with Gasteiger partial charge in [-0.05, 0) is 35.7 Å². The first kappa shape index (κ1) is 13.1. The first-order valence-electron chi connectivity index (χ1n) is 5.93. The normalized spacial score (nSPS) is 11.7. The van der Waals surface area contributed by atoms with Crippen LogP contribution < -0.4 is 0 Å². The third-order valence-corrected chi connectivity index (χ3v) is 5.12. The van der Waals surface area contributed by atoms with Crippen molar-refractivity contribution in [1.82, 2.24) is 4.98 Å². The molecule has 0 amide bonds. The van der Waals surface area contributed by atoms with Crippen molar-refractivity contribution in [2.75, 3.05) is 0 Å². The third kappa shape index (κ3) is 2.17. The van der Waals surface area contributed by atoms with E-state index < -0.39 is 9.84 Å². The van der Waals surface area contributed by atoms with Gasteiger partial charge in [-0.25, -0.2) is 13.4 Å². The SMILES string of the molecule is O=S(=O)(c1ccccc1)c1ccc2ccnc(Cl)c2c1. The second kappa shape index (κ2) is 4.89. The molecule has 0 saturated heterocycles. The monoisotopic (exact) mass is 303 g/mol. The van der Waals surface area contributed by atoms with E-state index in [-0.39, 0.29) is 9.79 Å². The van der Waals surface area contributed by atoms with Gasteiger partial charge in [0.1, 0.15) is 5.15 Å². The van der Waals surface area contributed by atoms with Crippen molar-refractivity contribution in [2.24, 2.45) is 0 Å². The highest BCUT2D eigenvalue weighted by atomic mass is 35.5.